The van der Waals surface area contributed by atoms with Gasteiger partial charge < -0.3 is 5.32 Å². The van der Waals surface area contributed by atoms with Crippen molar-refractivity contribution in [2.24, 2.45) is 0 Å². The van der Waals surface area contributed by atoms with Crippen molar-refractivity contribution in [1.29, 1.82) is 0 Å². The molecule has 1 unspecified atom stereocenters. The lowest BCUT2D eigenvalue weighted by Crippen LogP contribution is -2.17. The lowest BCUT2D eigenvalue weighted by Gasteiger charge is -2.15. The summed E-state index contributed by atoms with van der Waals surface area (Å²) in [7, 11) is 0. The number of halogens is 2. The molecule has 0 saturated heterocycles. The fourth-order valence-corrected chi connectivity index (χ4v) is 2.62. The number of hydrogen-bond donors (Lipinski definition) is 1. The van der Waals surface area contributed by atoms with Crippen LogP contribution in [0.4, 0.5) is 4.39 Å². The Morgan fingerprint density at radius 2 is 1.89 bits per heavy atom. The molecule has 2 aromatic rings. The first-order valence-corrected chi connectivity index (χ1v) is 7.20. The summed E-state index contributed by atoms with van der Waals surface area (Å²) in [5, 5.41) is 3.34. The second-order valence-electron chi connectivity index (χ2n) is 4.50. The summed E-state index contributed by atoms with van der Waals surface area (Å²) in [6.45, 7) is 5.04. The predicted molar refractivity (Wildman–Crippen MR) is 81.6 cm³/mol. The summed E-state index contributed by atoms with van der Waals surface area (Å²) in [6.07, 6.45) is 0. The Morgan fingerprint density at radius 1 is 1.16 bits per heavy atom. The van der Waals surface area contributed by atoms with Gasteiger partial charge in [0.1, 0.15) is 5.82 Å². The predicted octanol–water partition coefficient (Wildman–Crippen LogP) is 4.93. The molecule has 0 bridgehead atoms. The fraction of sp³-hybridized carbons (Fsp3) is 0.250. The maximum Gasteiger partial charge on any atom is 0.131 e. The largest absolute Gasteiger partial charge is 0.310 e. The normalized spacial score (nSPS) is 12.4. The Bertz CT molecular complexity index is 568. The standard InChI is InChI=1S/C16H17BrFN/c1-3-19-11(2)12-8-9-16(18)14(10-12)13-6-4-5-7-15(13)17/h4-11,19H,3H2,1-2H3. The lowest BCUT2D eigenvalue weighted by molar-refractivity contribution is 0.593. The van der Waals surface area contributed by atoms with Gasteiger partial charge in [-0.05, 0) is 42.8 Å². The van der Waals surface area contributed by atoms with Crippen molar-refractivity contribution in [1.82, 2.24) is 5.32 Å². The fourth-order valence-electron chi connectivity index (χ4n) is 2.12. The molecular formula is C16H17BrFN. The maximum atomic E-state index is 14.0. The highest BCUT2D eigenvalue weighted by molar-refractivity contribution is 9.10. The van der Waals surface area contributed by atoms with Gasteiger partial charge in [0.05, 0.1) is 0 Å². The number of benzene rings is 2. The molecule has 0 aliphatic carbocycles. The number of nitrogens with one attached hydrogen (secondary N) is 1. The smallest absolute Gasteiger partial charge is 0.131 e. The van der Waals surface area contributed by atoms with Crippen LogP contribution >= 0.6 is 15.9 Å². The van der Waals surface area contributed by atoms with E-state index in [1.165, 1.54) is 6.07 Å². The van der Waals surface area contributed by atoms with Crippen LogP contribution in [0.2, 0.25) is 0 Å². The molecule has 0 aromatic heterocycles. The zero-order valence-corrected chi connectivity index (χ0v) is 12.7. The van der Waals surface area contributed by atoms with E-state index >= 15 is 0 Å². The Morgan fingerprint density at radius 3 is 2.58 bits per heavy atom. The van der Waals surface area contributed by atoms with Gasteiger partial charge in [0.25, 0.3) is 0 Å². The molecule has 0 saturated carbocycles. The summed E-state index contributed by atoms with van der Waals surface area (Å²) in [5.41, 5.74) is 2.61. The van der Waals surface area contributed by atoms with Crippen molar-refractivity contribution >= 4 is 15.9 Å². The third kappa shape index (κ3) is 3.23. The van der Waals surface area contributed by atoms with Crippen LogP contribution in [0.25, 0.3) is 11.1 Å². The van der Waals surface area contributed by atoms with Gasteiger partial charge in [-0.25, -0.2) is 4.39 Å². The molecule has 19 heavy (non-hydrogen) atoms. The average Bonchev–Trinajstić information content (AvgIpc) is 2.40. The molecule has 1 nitrogen and oxygen atoms in total. The first-order chi connectivity index (χ1) is 9.13. The van der Waals surface area contributed by atoms with E-state index in [0.29, 0.717) is 5.56 Å². The van der Waals surface area contributed by atoms with Crippen molar-refractivity contribution in [3.8, 4) is 11.1 Å². The van der Waals surface area contributed by atoms with Crippen LogP contribution < -0.4 is 5.32 Å². The van der Waals surface area contributed by atoms with Crippen LogP contribution in [-0.4, -0.2) is 6.54 Å². The second kappa shape index (κ2) is 6.31. The molecule has 1 N–H and O–H groups in total. The van der Waals surface area contributed by atoms with E-state index in [2.05, 4.69) is 35.1 Å². The highest BCUT2D eigenvalue weighted by Crippen LogP contribution is 2.31. The minimum absolute atomic E-state index is 0.195. The number of hydrogen-bond acceptors (Lipinski definition) is 1. The first kappa shape index (κ1) is 14.2. The minimum Gasteiger partial charge on any atom is -0.310 e. The third-order valence-corrected chi connectivity index (χ3v) is 3.86. The molecular weight excluding hydrogens is 305 g/mol. The summed E-state index contributed by atoms with van der Waals surface area (Å²) >= 11 is 3.48. The van der Waals surface area contributed by atoms with Crippen LogP contribution in [0, 0.1) is 5.82 Å². The highest BCUT2D eigenvalue weighted by Gasteiger charge is 2.11. The van der Waals surface area contributed by atoms with Crippen LogP contribution in [0.1, 0.15) is 25.5 Å². The quantitative estimate of drug-likeness (QED) is 0.842. The van der Waals surface area contributed by atoms with E-state index in [4.69, 9.17) is 0 Å². The highest BCUT2D eigenvalue weighted by atomic mass is 79.9. The minimum atomic E-state index is -0.195. The van der Waals surface area contributed by atoms with Crippen LogP contribution in [0.5, 0.6) is 0 Å². The molecule has 0 fully saturated rings. The number of rotatable bonds is 4. The van der Waals surface area contributed by atoms with Gasteiger partial charge in [-0.3, -0.25) is 0 Å². The van der Waals surface area contributed by atoms with E-state index in [-0.39, 0.29) is 11.9 Å². The molecule has 2 aromatic carbocycles. The summed E-state index contributed by atoms with van der Waals surface area (Å²) in [4.78, 5) is 0. The summed E-state index contributed by atoms with van der Waals surface area (Å²) in [5.74, 6) is -0.195. The molecule has 100 valence electrons. The van der Waals surface area contributed by atoms with Crippen molar-refractivity contribution < 1.29 is 4.39 Å². The van der Waals surface area contributed by atoms with E-state index in [1.54, 1.807) is 0 Å². The maximum absolute atomic E-state index is 14.0. The van der Waals surface area contributed by atoms with Gasteiger partial charge in [0.15, 0.2) is 0 Å². The van der Waals surface area contributed by atoms with Crippen LogP contribution in [0.3, 0.4) is 0 Å². The molecule has 0 radical (unpaired) electrons. The van der Waals surface area contributed by atoms with Crippen molar-refractivity contribution in [2.45, 2.75) is 19.9 Å². The van der Waals surface area contributed by atoms with Gasteiger partial charge in [0.2, 0.25) is 0 Å². The van der Waals surface area contributed by atoms with Gasteiger partial charge in [0, 0.05) is 16.1 Å². The molecule has 0 aliphatic heterocycles. The van der Waals surface area contributed by atoms with Crippen molar-refractivity contribution in [2.75, 3.05) is 6.54 Å². The topological polar surface area (TPSA) is 12.0 Å². The molecule has 3 heteroatoms. The average molecular weight is 322 g/mol. The Kier molecular flexibility index (Phi) is 4.72. The Hall–Kier alpha value is -1.19. The van der Waals surface area contributed by atoms with E-state index in [0.717, 1.165) is 22.1 Å². The first-order valence-electron chi connectivity index (χ1n) is 6.41. The summed E-state index contributed by atoms with van der Waals surface area (Å²) < 4.78 is 14.9. The van der Waals surface area contributed by atoms with Crippen molar-refractivity contribution in [3.05, 3.63) is 58.3 Å². The van der Waals surface area contributed by atoms with Crippen LogP contribution in [-0.2, 0) is 0 Å². The summed E-state index contributed by atoms with van der Waals surface area (Å²) in [6, 6.07) is 13.2. The van der Waals surface area contributed by atoms with Gasteiger partial charge in [-0.2, -0.15) is 0 Å². The zero-order chi connectivity index (χ0) is 13.8. The third-order valence-electron chi connectivity index (χ3n) is 3.16. The van der Waals surface area contributed by atoms with Crippen molar-refractivity contribution in [3.63, 3.8) is 0 Å². The molecule has 1 atom stereocenters. The lowest BCUT2D eigenvalue weighted by atomic mass is 9.99. The van der Waals surface area contributed by atoms with E-state index in [9.17, 15) is 4.39 Å². The Labute approximate surface area is 122 Å². The molecule has 0 spiro atoms. The van der Waals surface area contributed by atoms with Gasteiger partial charge >= 0.3 is 0 Å². The molecule has 2 rings (SSSR count). The van der Waals surface area contributed by atoms with Gasteiger partial charge in [-0.15, -0.1) is 0 Å². The van der Waals surface area contributed by atoms with Gasteiger partial charge in [-0.1, -0.05) is 47.1 Å². The SMILES string of the molecule is CCNC(C)c1ccc(F)c(-c2ccccc2Br)c1. The second-order valence-corrected chi connectivity index (χ2v) is 5.35. The van der Waals surface area contributed by atoms with E-state index < -0.39 is 0 Å². The van der Waals surface area contributed by atoms with E-state index in [1.807, 2.05) is 36.4 Å². The molecule has 0 amide bonds. The Balaban J connectivity index is 2.46. The zero-order valence-electron chi connectivity index (χ0n) is 11.1. The molecule has 0 aliphatic rings. The van der Waals surface area contributed by atoms with Crippen LogP contribution in [0.15, 0.2) is 46.9 Å². The monoisotopic (exact) mass is 321 g/mol. The molecule has 0 heterocycles.